The molecule has 0 aliphatic heterocycles. The van der Waals surface area contributed by atoms with Gasteiger partial charge in [-0.2, -0.15) is 18.4 Å². The number of para-hydroxylation sites is 1. The summed E-state index contributed by atoms with van der Waals surface area (Å²) in [4.78, 5) is -0.532. The smallest absolute Gasteiger partial charge is 0.278 e. The summed E-state index contributed by atoms with van der Waals surface area (Å²) in [6.07, 6.45) is -4.64. The average Bonchev–Trinajstić information content (AvgIpc) is 2.47. The molecule has 0 bridgehead atoms. The van der Waals surface area contributed by atoms with Crippen molar-refractivity contribution in [1.29, 1.82) is 5.26 Å². The molecular weight excluding hydrogens is 317 g/mol. The van der Waals surface area contributed by atoms with Crippen LogP contribution in [0.3, 0.4) is 0 Å². The molecule has 2 rings (SSSR count). The lowest BCUT2D eigenvalue weighted by Gasteiger charge is -2.11. The van der Waals surface area contributed by atoms with E-state index in [0.717, 1.165) is 18.2 Å². The van der Waals surface area contributed by atoms with Crippen molar-refractivity contribution in [2.24, 2.45) is 0 Å². The molecule has 0 heterocycles. The van der Waals surface area contributed by atoms with Crippen LogP contribution in [0.1, 0.15) is 11.1 Å². The van der Waals surface area contributed by atoms with E-state index in [-0.39, 0.29) is 11.3 Å². The standard InChI is InChI=1S/C14H9F3N2O2S/c15-14(16,17)11-5-3-6-12(8-11)22(20,21)19-13-7-2-1-4-10(13)9-18/h1-8,19H. The second-order valence-electron chi connectivity index (χ2n) is 4.29. The van der Waals surface area contributed by atoms with Gasteiger partial charge in [0.15, 0.2) is 0 Å². The van der Waals surface area contributed by atoms with Gasteiger partial charge in [0.05, 0.1) is 21.7 Å². The van der Waals surface area contributed by atoms with E-state index < -0.39 is 26.7 Å². The van der Waals surface area contributed by atoms with Crippen molar-refractivity contribution in [3.8, 4) is 6.07 Å². The summed E-state index contributed by atoms with van der Waals surface area (Å²) in [5.74, 6) is 0. The number of hydrogen-bond donors (Lipinski definition) is 1. The summed E-state index contributed by atoms with van der Waals surface area (Å²) >= 11 is 0. The zero-order valence-electron chi connectivity index (χ0n) is 10.9. The van der Waals surface area contributed by atoms with E-state index in [2.05, 4.69) is 4.72 Å². The van der Waals surface area contributed by atoms with Crippen molar-refractivity contribution in [2.45, 2.75) is 11.1 Å². The summed E-state index contributed by atoms with van der Waals surface area (Å²) in [5, 5.41) is 8.90. The van der Waals surface area contributed by atoms with E-state index in [9.17, 15) is 21.6 Å². The molecule has 2 aromatic rings. The van der Waals surface area contributed by atoms with Crippen molar-refractivity contribution in [2.75, 3.05) is 4.72 Å². The van der Waals surface area contributed by atoms with Gasteiger partial charge in [-0.3, -0.25) is 4.72 Å². The lowest BCUT2D eigenvalue weighted by molar-refractivity contribution is -0.137. The third-order valence-electron chi connectivity index (χ3n) is 2.76. The molecule has 0 saturated carbocycles. The third kappa shape index (κ3) is 3.38. The average molecular weight is 326 g/mol. The zero-order valence-corrected chi connectivity index (χ0v) is 11.7. The minimum atomic E-state index is -4.64. The maximum atomic E-state index is 12.6. The lowest BCUT2D eigenvalue weighted by atomic mass is 10.2. The van der Waals surface area contributed by atoms with Crippen molar-refractivity contribution in [3.63, 3.8) is 0 Å². The first-order chi connectivity index (χ1) is 10.2. The molecule has 0 aromatic heterocycles. The molecule has 4 nitrogen and oxygen atoms in total. The van der Waals surface area contributed by atoms with Gasteiger partial charge in [-0.25, -0.2) is 8.42 Å². The van der Waals surface area contributed by atoms with Crippen LogP contribution < -0.4 is 4.72 Å². The Balaban J connectivity index is 2.42. The first-order valence-electron chi connectivity index (χ1n) is 5.93. The number of nitriles is 1. The van der Waals surface area contributed by atoms with Crippen LogP contribution in [0, 0.1) is 11.3 Å². The van der Waals surface area contributed by atoms with Gasteiger partial charge in [-0.05, 0) is 30.3 Å². The van der Waals surface area contributed by atoms with Gasteiger partial charge in [0.25, 0.3) is 10.0 Å². The van der Waals surface area contributed by atoms with E-state index in [1.165, 1.54) is 18.2 Å². The van der Waals surface area contributed by atoms with Crippen LogP contribution in [-0.4, -0.2) is 8.42 Å². The second-order valence-corrected chi connectivity index (χ2v) is 5.97. The molecule has 0 saturated heterocycles. The van der Waals surface area contributed by atoms with Crippen molar-refractivity contribution in [3.05, 3.63) is 59.7 Å². The highest BCUT2D eigenvalue weighted by Crippen LogP contribution is 2.31. The summed E-state index contributed by atoms with van der Waals surface area (Å²) in [7, 11) is -4.23. The Morgan fingerprint density at radius 3 is 2.36 bits per heavy atom. The quantitative estimate of drug-likeness (QED) is 0.940. The van der Waals surface area contributed by atoms with Gasteiger partial charge in [-0.15, -0.1) is 0 Å². The Hall–Kier alpha value is -2.53. The summed E-state index contributed by atoms with van der Waals surface area (Å²) < 4.78 is 64.4. The molecule has 114 valence electrons. The number of halogens is 3. The Labute approximate surface area is 124 Å². The molecule has 22 heavy (non-hydrogen) atoms. The molecule has 0 aliphatic rings. The van der Waals surface area contributed by atoms with Crippen LogP contribution in [0.25, 0.3) is 0 Å². The van der Waals surface area contributed by atoms with Gasteiger partial charge in [0.2, 0.25) is 0 Å². The molecular formula is C14H9F3N2O2S. The maximum Gasteiger partial charge on any atom is 0.416 e. The molecule has 0 atom stereocenters. The fourth-order valence-corrected chi connectivity index (χ4v) is 2.84. The highest BCUT2D eigenvalue weighted by Gasteiger charge is 2.31. The summed E-state index contributed by atoms with van der Waals surface area (Å²) in [6, 6.07) is 11.0. The number of anilines is 1. The van der Waals surface area contributed by atoms with Crippen LogP contribution in [-0.2, 0) is 16.2 Å². The van der Waals surface area contributed by atoms with Crippen LogP contribution in [0.2, 0.25) is 0 Å². The molecule has 2 aromatic carbocycles. The predicted molar refractivity (Wildman–Crippen MR) is 73.4 cm³/mol. The van der Waals surface area contributed by atoms with E-state index >= 15 is 0 Å². The first-order valence-corrected chi connectivity index (χ1v) is 7.41. The van der Waals surface area contributed by atoms with Gasteiger partial charge in [0.1, 0.15) is 6.07 Å². The van der Waals surface area contributed by atoms with Crippen molar-refractivity contribution < 1.29 is 21.6 Å². The molecule has 0 fully saturated rings. The van der Waals surface area contributed by atoms with Crippen LogP contribution >= 0.6 is 0 Å². The van der Waals surface area contributed by atoms with E-state index in [0.29, 0.717) is 6.07 Å². The molecule has 0 amide bonds. The van der Waals surface area contributed by atoms with Gasteiger partial charge in [-0.1, -0.05) is 18.2 Å². The Kier molecular flexibility index (Phi) is 4.10. The number of nitrogens with zero attached hydrogens (tertiary/aromatic N) is 1. The van der Waals surface area contributed by atoms with Gasteiger partial charge < -0.3 is 0 Å². The number of hydrogen-bond acceptors (Lipinski definition) is 3. The second kappa shape index (κ2) is 5.69. The number of benzene rings is 2. The van der Waals surface area contributed by atoms with E-state index in [1.54, 1.807) is 12.1 Å². The molecule has 0 unspecified atom stereocenters. The van der Waals surface area contributed by atoms with Crippen molar-refractivity contribution >= 4 is 15.7 Å². The molecule has 0 spiro atoms. The predicted octanol–water partition coefficient (Wildman–Crippen LogP) is 3.38. The molecule has 0 aliphatic carbocycles. The number of rotatable bonds is 3. The largest absolute Gasteiger partial charge is 0.416 e. The molecule has 0 radical (unpaired) electrons. The Bertz CT molecular complexity index is 840. The Morgan fingerprint density at radius 2 is 1.73 bits per heavy atom. The highest BCUT2D eigenvalue weighted by atomic mass is 32.2. The zero-order chi connectivity index (χ0) is 16.4. The summed E-state index contributed by atoms with van der Waals surface area (Å²) in [6.45, 7) is 0. The van der Waals surface area contributed by atoms with Gasteiger partial charge >= 0.3 is 6.18 Å². The van der Waals surface area contributed by atoms with Crippen LogP contribution in [0.4, 0.5) is 18.9 Å². The summed E-state index contributed by atoms with van der Waals surface area (Å²) in [5.41, 5.74) is -0.996. The molecule has 1 N–H and O–H groups in total. The van der Waals surface area contributed by atoms with E-state index in [1.807, 2.05) is 0 Å². The normalized spacial score (nSPS) is 11.7. The van der Waals surface area contributed by atoms with Gasteiger partial charge in [0, 0.05) is 0 Å². The monoisotopic (exact) mass is 326 g/mol. The van der Waals surface area contributed by atoms with Crippen LogP contribution in [0.15, 0.2) is 53.4 Å². The minimum absolute atomic E-state index is 0.00223. The number of sulfonamides is 1. The maximum absolute atomic E-state index is 12.6. The lowest BCUT2D eigenvalue weighted by Crippen LogP contribution is -2.15. The fraction of sp³-hybridized carbons (Fsp3) is 0.0714. The fourth-order valence-electron chi connectivity index (χ4n) is 1.71. The van der Waals surface area contributed by atoms with E-state index in [4.69, 9.17) is 5.26 Å². The Morgan fingerprint density at radius 1 is 1.05 bits per heavy atom. The highest BCUT2D eigenvalue weighted by molar-refractivity contribution is 7.92. The van der Waals surface area contributed by atoms with Crippen LogP contribution in [0.5, 0.6) is 0 Å². The van der Waals surface area contributed by atoms with Crippen molar-refractivity contribution in [1.82, 2.24) is 0 Å². The minimum Gasteiger partial charge on any atom is -0.278 e. The number of nitrogens with one attached hydrogen (secondary N) is 1. The first kappa shape index (κ1) is 15.9. The number of alkyl halides is 3. The SMILES string of the molecule is N#Cc1ccccc1NS(=O)(=O)c1cccc(C(F)(F)F)c1. The topological polar surface area (TPSA) is 70.0 Å². The molecule has 8 heteroatoms. The third-order valence-corrected chi connectivity index (χ3v) is 4.13.